The Kier molecular flexibility index (Phi) is 3.94. The molecule has 3 rings (SSSR count). The van der Waals surface area contributed by atoms with E-state index in [9.17, 15) is 14.3 Å². The molecule has 0 aromatic heterocycles. The lowest BCUT2D eigenvalue weighted by Crippen LogP contribution is -2.16. The summed E-state index contributed by atoms with van der Waals surface area (Å²) in [6.07, 6.45) is 0.0845. The third-order valence-electron chi connectivity index (χ3n) is 4.07. The van der Waals surface area contributed by atoms with E-state index in [0.29, 0.717) is 11.3 Å². The molecule has 22 heavy (non-hydrogen) atoms. The number of aliphatic hydroxyl groups excluding tert-OH is 1. The first kappa shape index (κ1) is 14.7. The zero-order chi connectivity index (χ0) is 15.7. The highest BCUT2D eigenvalue weighted by molar-refractivity contribution is 5.95. The number of amides is 1. The van der Waals surface area contributed by atoms with E-state index in [2.05, 4.69) is 5.32 Å². The standard InChI is InChI=1S/C18H18FNO2/c1-11(21)14-7-2-3-8-17(14)20-18(22)16-10-15(16)12-5-4-6-13(19)9-12/h2-9,11,15-16,21H,10H2,1H3,(H,20,22). The zero-order valence-corrected chi connectivity index (χ0v) is 12.3. The molecule has 3 nitrogen and oxygen atoms in total. The van der Waals surface area contributed by atoms with Crippen molar-refractivity contribution in [3.05, 3.63) is 65.5 Å². The summed E-state index contributed by atoms with van der Waals surface area (Å²) in [7, 11) is 0. The van der Waals surface area contributed by atoms with E-state index in [1.807, 2.05) is 18.2 Å². The van der Waals surface area contributed by atoms with Crippen molar-refractivity contribution < 1.29 is 14.3 Å². The highest BCUT2D eigenvalue weighted by Gasteiger charge is 2.44. The van der Waals surface area contributed by atoms with Crippen LogP contribution in [0.3, 0.4) is 0 Å². The molecule has 3 atom stereocenters. The van der Waals surface area contributed by atoms with E-state index in [0.717, 1.165) is 12.0 Å². The molecule has 1 fully saturated rings. The number of benzene rings is 2. The summed E-state index contributed by atoms with van der Waals surface area (Å²) in [4.78, 5) is 12.3. The predicted molar refractivity (Wildman–Crippen MR) is 83.0 cm³/mol. The Balaban J connectivity index is 1.70. The molecule has 0 aliphatic heterocycles. The van der Waals surface area contributed by atoms with Gasteiger partial charge in [-0.05, 0) is 43.0 Å². The lowest BCUT2D eigenvalue weighted by Gasteiger charge is -2.13. The van der Waals surface area contributed by atoms with E-state index < -0.39 is 6.10 Å². The van der Waals surface area contributed by atoms with Crippen LogP contribution >= 0.6 is 0 Å². The molecule has 1 aliphatic carbocycles. The summed E-state index contributed by atoms with van der Waals surface area (Å²) >= 11 is 0. The monoisotopic (exact) mass is 299 g/mol. The Bertz CT molecular complexity index is 699. The van der Waals surface area contributed by atoms with Crippen LogP contribution < -0.4 is 5.32 Å². The molecule has 0 saturated heterocycles. The molecule has 114 valence electrons. The van der Waals surface area contributed by atoms with Crippen molar-refractivity contribution in [1.82, 2.24) is 0 Å². The molecule has 4 heteroatoms. The normalized spacial score (nSPS) is 21.2. The van der Waals surface area contributed by atoms with Crippen molar-refractivity contribution in [3.8, 4) is 0 Å². The molecular weight excluding hydrogens is 281 g/mol. The fourth-order valence-corrected chi connectivity index (χ4v) is 2.79. The molecule has 2 aromatic carbocycles. The smallest absolute Gasteiger partial charge is 0.228 e. The van der Waals surface area contributed by atoms with Gasteiger partial charge in [0.05, 0.1) is 6.10 Å². The Labute approximate surface area is 128 Å². The van der Waals surface area contributed by atoms with Gasteiger partial charge in [0.25, 0.3) is 0 Å². The largest absolute Gasteiger partial charge is 0.389 e. The number of halogens is 1. The summed E-state index contributed by atoms with van der Waals surface area (Å²) in [6.45, 7) is 1.66. The van der Waals surface area contributed by atoms with Gasteiger partial charge in [-0.15, -0.1) is 0 Å². The molecule has 1 aliphatic rings. The van der Waals surface area contributed by atoms with Crippen molar-refractivity contribution in [2.24, 2.45) is 5.92 Å². The SMILES string of the molecule is CC(O)c1ccccc1NC(=O)C1CC1c1cccc(F)c1. The lowest BCUT2D eigenvalue weighted by atomic mass is 10.1. The number of hydrogen-bond donors (Lipinski definition) is 2. The van der Waals surface area contributed by atoms with Gasteiger partial charge in [-0.3, -0.25) is 4.79 Å². The highest BCUT2D eigenvalue weighted by atomic mass is 19.1. The molecule has 0 spiro atoms. The van der Waals surface area contributed by atoms with Crippen molar-refractivity contribution in [1.29, 1.82) is 0 Å². The van der Waals surface area contributed by atoms with Crippen molar-refractivity contribution in [2.45, 2.75) is 25.4 Å². The fourth-order valence-electron chi connectivity index (χ4n) is 2.79. The molecular formula is C18H18FNO2. The molecule has 2 aromatic rings. The quantitative estimate of drug-likeness (QED) is 0.906. The van der Waals surface area contributed by atoms with Crippen LogP contribution in [0.25, 0.3) is 0 Å². The van der Waals surface area contributed by atoms with Gasteiger partial charge in [0.15, 0.2) is 0 Å². The van der Waals surface area contributed by atoms with E-state index in [1.54, 1.807) is 25.1 Å². The third kappa shape index (κ3) is 3.02. The maximum Gasteiger partial charge on any atom is 0.228 e. The first-order valence-electron chi connectivity index (χ1n) is 7.39. The van der Waals surface area contributed by atoms with Crippen LogP contribution in [0.1, 0.15) is 36.5 Å². The Morgan fingerprint density at radius 2 is 2.05 bits per heavy atom. The number of carbonyl (C=O) groups excluding carboxylic acids is 1. The van der Waals surface area contributed by atoms with Crippen LogP contribution in [0.5, 0.6) is 0 Å². The Hall–Kier alpha value is -2.20. The van der Waals surface area contributed by atoms with Crippen LogP contribution in [0.2, 0.25) is 0 Å². The maximum atomic E-state index is 13.2. The summed E-state index contributed by atoms with van der Waals surface area (Å²) < 4.78 is 13.2. The van der Waals surface area contributed by atoms with Crippen LogP contribution in [-0.4, -0.2) is 11.0 Å². The average molecular weight is 299 g/mol. The van der Waals surface area contributed by atoms with E-state index in [1.165, 1.54) is 12.1 Å². The number of carbonyl (C=O) groups is 1. The molecule has 0 heterocycles. The topological polar surface area (TPSA) is 49.3 Å². The number of anilines is 1. The van der Waals surface area contributed by atoms with Crippen LogP contribution in [-0.2, 0) is 4.79 Å². The van der Waals surface area contributed by atoms with Crippen molar-refractivity contribution in [2.75, 3.05) is 5.32 Å². The van der Waals surface area contributed by atoms with Crippen LogP contribution in [0.4, 0.5) is 10.1 Å². The van der Waals surface area contributed by atoms with Crippen LogP contribution in [0, 0.1) is 11.7 Å². The highest BCUT2D eigenvalue weighted by Crippen LogP contribution is 2.48. The Morgan fingerprint density at radius 1 is 1.27 bits per heavy atom. The van der Waals surface area contributed by atoms with E-state index >= 15 is 0 Å². The minimum Gasteiger partial charge on any atom is -0.389 e. The van der Waals surface area contributed by atoms with Gasteiger partial charge in [-0.25, -0.2) is 4.39 Å². The number of hydrogen-bond acceptors (Lipinski definition) is 2. The molecule has 2 N–H and O–H groups in total. The second kappa shape index (κ2) is 5.89. The van der Waals surface area contributed by atoms with Gasteiger partial charge in [-0.2, -0.15) is 0 Å². The van der Waals surface area contributed by atoms with Crippen molar-refractivity contribution in [3.63, 3.8) is 0 Å². The molecule has 3 unspecified atom stereocenters. The molecule has 1 saturated carbocycles. The Morgan fingerprint density at radius 3 is 2.77 bits per heavy atom. The first-order chi connectivity index (χ1) is 10.6. The lowest BCUT2D eigenvalue weighted by molar-refractivity contribution is -0.117. The summed E-state index contributed by atoms with van der Waals surface area (Å²) in [5, 5.41) is 12.6. The van der Waals surface area contributed by atoms with E-state index in [-0.39, 0.29) is 23.6 Å². The van der Waals surface area contributed by atoms with Gasteiger partial charge >= 0.3 is 0 Å². The third-order valence-corrected chi connectivity index (χ3v) is 4.07. The second-order valence-corrected chi connectivity index (χ2v) is 5.76. The first-order valence-corrected chi connectivity index (χ1v) is 7.39. The molecule has 1 amide bonds. The summed E-state index contributed by atoms with van der Waals surface area (Å²) in [5.41, 5.74) is 2.19. The minimum absolute atomic E-state index is 0.0782. The summed E-state index contributed by atoms with van der Waals surface area (Å²) in [5.74, 6) is -0.413. The van der Waals surface area contributed by atoms with E-state index in [4.69, 9.17) is 0 Å². The fraction of sp³-hybridized carbons (Fsp3) is 0.278. The second-order valence-electron chi connectivity index (χ2n) is 5.76. The van der Waals surface area contributed by atoms with Gasteiger partial charge in [0, 0.05) is 17.2 Å². The predicted octanol–water partition coefficient (Wildman–Crippen LogP) is 3.62. The number of rotatable bonds is 4. The molecule has 0 bridgehead atoms. The summed E-state index contributed by atoms with van der Waals surface area (Å²) in [6, 6.07) is 13.6. The molecule has 0 radical (unpaired) electrons. The number of para-hydroxylation sites is 1. The van der Waals surface area contributed by atoms with Crippen molar-refractivity contribution >= 4 is 11.6 Å². The van der Waals surface area contributed by atoms with Gasteiger partial charge in [0.1, 0.15) is 5.82 Å². The average Bonchev–Trinajstić information content (AvgIpc) is 3.28. The van der Waals surface area contributed by atoms with Gasteiger partial charge < -0.3 is 10.4 Å². The van der Waals surface area contributed by atoms with Crippen LogP contribution in [0.15, 0.2) is 48.5 Å². The van der Waals surface area contributed by atoms with Gasteiger partial charge in [0.2, 0.25) is 5.91 Å². The minimum atomic E-state index is -0.644. The number of aliphatic hydroxyl groups is 1. The number of nitrogens with one attached hydrogen (secondary N) is 1. The maximum absolute atomic E-state index is 13.2. The van der Waals surface area contributed by atoms with Gasteiger partial charge in [-0.1, -0.05) is 30.3 Å². The zero-order valence-electron chi connectivity index (χ0n) is 12.3.